The molecule has 0 spiro atoms. The average molecular weight is 237 g/mol. The molecule has 0 radical (unpaired) electrons. The predicted octanol–water partition coefficient (Wildman–Crippen LogP) is 1.69. The topological polar surface area (TPSA) is 38.8 Å². The molecule has 0 bridgehead atoms. The second-order valence-corrected chi connectivity index (χ2v) is 3.88. The Labute approximate surface area is 102 Å². The summed E-state index contributed by atoms with van der Waals surface area (Å²) in [5.74, 6) is 0.746. The third-order valence-electron chi connectivity index (χ3n) is 2.68. The molecule has 0 saturated heterocycles. The van der Waals surface area contributed by atoms with Crippen LogP contribution < -0.4 is 4.74 Å². The zero-order chi connectivity index (χ0) is 12.8. The second kappa shape index (κ2) is 6.25. The Kier molecular flexibility index (Phi) is 4.97. The van der Waals surface area contributed by atoms with Gasteiger partial charge in [0.1, 0.15) is 11.9 Å². The smallest absolute Gasteiger partial charge is 0.251 e. The van der Waals surface area contributed by atoms with Crippen molar-refractivity contribution in [3.05, 3.63) is 29.8 Å². The average Bonchev–Trinajstić information content (AvgIpc) is 2.37. The number of hydrogen-bond acceptors (Lipinski definition) is 3. The number of ether oxygens (including phenoxy) is 2. The molecule has 0 saturated carbocycles. The van der Waals surface area contributed by atoms with Crippen molar-refractivity contribution in [1.29, 1.82) is 0 Å². The van der Waals surface area contributed by atoms with Gasteiger partial charge in [0.05, 0.1) is 7.11 Å². The molecule has 94 valence electrons. The summed E-state index contributed by atoms with van der Waals surface area (Å²) >= 11 is 0. The van der Waals surface area contributed by atoms with Crippen LogP contribution in [0.25, 0.3) is 0 Å². The van der Waals surface area contributed by atoms with Crippen LogP contribution in [0.2, 0.25) is 0 Å². The Morgan fingerprint density at radius 1 is 1.35 bits per heavy atom. The fourth-order valence-corrected chi connectivity index (χ4v) is 1.58. The van der Waals surface area contributed by atoms with Gasteiger partial charge >= 0.3 is 0 Å². The zero-order valence-corrected chi connectivity index (χ0v) is 10.8. The summed E-state index contributed by atoms with van der Waals surface area (Å²) in [6.07, 6.45) is -0.422. The molecule has 1 unspecified atom stereocenters. The van der Waals surface area contributed by atoms with Crippen molar-refractivity contribution in [2.24, 2.45) is 0 Å². The number of amides is 1. The summed E-state index contributed by atoms with van der Waals surface area (Å²) in [5, 5.41) is 0. The van der Waals surface area contributed by atoms with Crippen molar-refractivity contribution < 1.29 is 14.3 Å². The monoisotopic (exact) mass is 237 g/mol. The summed E-state index contributed by atoms with van der Waals surface area (Å²) in [6, 6.07) is 7.66. The Bertz CT molecular complexity index is 379. The number of carbonyl (C=O) groups is 1. The Hall–Kier alpha value is -1.55. The van der Waals surface area contributed by atoms with Crippen LogP contribution in [0.4, 0.5) is 0 Å². The second-order valence-electron chi connectivity index (χ2n) is 3.88. The van der Waals surface area contributed by atoms with Gasteiger partial charge < -0.3 is 14.4 Å². The minimum Gasteiger partial charge on any atom is -0.496 e. The van der Waals surface area contributed by atoms with Gasteiger partial charge in [0, 0.05) is 26.3 Å². The number of carbonyl (C=O) groups excluding carboxylic acids is 1. The van der Waals surface area contributed by atoms with Crippen molar-refractivity contribution in [1.82, 2.24) is 4.90 Å². The van der Waals surface area contributed by atoms with E-state index in [4.69, 9.17) is 9.47 Å². The number of likely N-dealkylation sites (N-methyl/N-ethyl adjacent to an activating group) is 1. The van der Waals surface area contributed by atoms with E-state index in [2.05, 4.69) is 0 Å². The zero-order valence-electron chi connectivity index (χ0n) is 10.8. The molecule has 4 nitrogen and oxygen atoms in total. The van der Waals surface area contributed by atoms with Crippen LogP contribution in [0, 0.1) is 0 Å². The molecule has 1 rings (SSSR count). The van der Waals surface area contributed by atoms with Crippen LogP contribution in [-0.2, 0) is 16.1 Å². The molecule has 4 heteroatoms. The van der Waals surface area contributed by atoms with Gasteiger partial charge in [-0.15, -0.1) is 0 Å². The first-order chi connectivity index (χ1) is 8.10. The first kappa shape index (κ1) is 13.5. The van der Waals surface area contributed by atoms with E-state index >= 15 is 0 Å². The van der Waals surface area contributed by atoms with E-state index in [1.807, 2.05) is 24.3 Å². The minimum absolute atomic E-state index is 0.0431. The van der Waals surface area contributed by atoms with E-state index < -0.39 is 6.10 Å². The number of hydrogen-bond donors (Lipinski definition) is 0. The van der Waals surface area contributed by atoms with E-state index in [9.17, 15) is 4.79 Å². The standard InChI is InChI=1S/C13H19NO3/c1-10(16-3)13(15)14(2)9-11-7-5-6-8-12(11)17-4/h5-8,10H,9H2,1-4H3. The maximum absolute atomic E-state index is 11.8. The quantitative estimate of drug-likeness (QED) is 0.782. The molecule has 0 N–H and O–H groups in total. The number of nitrogens with zero attached hydrogens (tertiary/aromatic N) is 1. The number of para-hydroxylation sites is 1. The number of benzene rings is 1. The lowest BCUT2D eigenvalue weighted by Gasteiger charge is -2.21. The fourth-order valence-electron chi connectivity index (χ4n) is 1.58. The minimum atomic E-state index is -0.422. The van der Waals surface area contributed by atoms with E-state index in [-0.39, 0.29) is 5.91 Å². The Morgan fingerprint density at radius 2 is 2.00 bits per heavy atom. The van der Waals surface area contributed by atoms with Crippen LogP contribution >= 0.6 is 0 Å². The third kappa shape index (κ3) is 3.46. The fraction of sp³-hybridized carbons (Fsp3) is 0.462. The molecule has 0 aromatic heterocycles. The van der Waals surface area contributed by atoms with Crippen LogP contribution in [0.1, 0.15) is 12.5 Å². The lowest BCUT2D eigenvalue weighted by atomic mass is 10.2. The molecule has 0 aliphatic heterocycles. The molecule has 0 aliphatic carbocycles. The molecule has 17 heavy (non-hydrogen) atoms. The summed E-state index contributed by atoms with van der Waals surface area (Å²) in [7, 11) is 4.90. The lowest BCUT2D eigenvalue weighted by molar-refractivity contribution is -0.140. The maximum atomic E-state index is 11.8. The van der Waals surface area contributed by atoms with Gasteiger partial charge in [-0.1, -0.05) is 18.2 Å². The van der Waals surface area contributed by atoms with Gasteiger partial charge in [0.2, 0.25) is 0 Å². The summed E-state index contributed by atoms with van der Waals surface area (Å²) in [6.45, 7) is 2.25. The predicted molar refractivity (Wildman–Crippen MR) is 65.9 cm³/mol. The van der Waals surface area contributed by atoms with Crippen molar-refractivity contribution in [2.45, 2.75) is 19.6 Å². The van der Waals surface area contributed by atoms with Crippen molar-refractivity contribution in [3.63, 3.8) is 0 Å². The Balaban J connectivity index is 2.74. The van der Waals surface area contributed by atoms with Gasteiger partial charge in [0.25, 0.3) is 5.91 Å². The van der Waals surface area contributed by atoms with Gasteiger partial charge in [-0.3, -0.25) is 4.79 Å². The molecule has 1 amide bonds. The van der Waals surface area contributed by atoms with Gasteiger partial charge in [0.15, 0.2) is 0 Å². The van der Waals surface area contributed by atoms with Crippen molar-refractivity contribution in [2.75, 3.05) is 21.3 Å². The van der Waals surface area contributed by atoms with Crippen molar-refractivity contribution in [3.8, 4) is 5.75 Å². The highest BCUT2D eigenvalue weighted by atomic mass is 16.5. The molecule has 1 atom stereocenters. The van der Waals surface area contributed by atoms with Crippen LogP contribution in [-0.4, -0.2) is 38.2 Å². The summed E-state index contributed by atoms with van der Waals surface area (Å²) in [5.41, 5.74) is 0.981. The van der Waals surface area contributed by atoms with Gasteiger partial charge in [-0.25, -0.2) is 0 Å². The molecule has 0 fully saturated rings. The molecular formula is C13H19NO3. The molecule has 0 heterocycles. The van der Waals surface area contributed by atoms with Crippen LogP contribution in [0.3, 0.4) is 0 Å². The van der Waals surface area contributed by atoms with E-state index in [0.717, 1.165) is 11.3 Å². The molecule has 1 aromatic rings. The van der Waals surface area contributed by atoms with Crippen LogP contribution in [0.5, 0.6) is 5.75 Å². The van der Waals surface area contributed by atoms with E-state index in [0.29, 0.717) is 6.54 Å². The molecule has 1 aromatic carbocycles. The Morgan fingerprint density at radius 3 is 2.59 bits per heavy atom. The highest BCUT2D eigenvalue weighted by Gasteiger charge is 2.17. The van der Waals surface area contributed by atoms with Crippen LogP contribution in [0.15, 0.2) is 24.3 Å². The third-order valence-corrected chi connectivity index (χ3v) is 2.68. The lowest BCUT2D eigenvalue weighted by Crippen LogP contribution is -2.35. The SMILES string of the molecule is COc1ccccc1CN(C)C(=O)C(C)OC. The largest absolute Gasteiger partial charge is 0.496 e. The molecule has 0 aliphatic rings. The van der Waals surface area contributed by atoms with E-state index in [1.54, 1.807) is 26.0 Å². The number of methoxy groups -OCH3 is 2. The van der Waals surface area contributed by atoms with Gasteiger partial charge in [-0.2, -0.15) is 0 Å². The first-order valence-corrected chi connectivity index (χ1v) is 5.49. The highest BCUT2D eigenvalue weighted by Crippen LogP contribution is 2.19. The highest BCUT2D eigenvalue weighted by molar-refractivity contribution is 5.80. The van der Waals surface area contributed by atoms with Gasteiger partial charge in [-0.05, 0) is 13.0 Å². The van der Waals surface area contributed by atoms with E-state index in [1.165, 1.54) is 7.11 Å². The summed E-state index contributed by atoms with van der Waals surface area (Å²) in [4.78, 5) is 13.5. The summed E-state index contributed by atoms with van der Waals surface area (Å²) < 4.78 is 10.2. The first-order valence-electron chi connectivity index (χ1n) is 5.49. The maximum Gasteiger partial charge on any atom is 0.251 e. The molecular weight excluding hydrogens is 218 g/mol. The van der Waals surface area contributed by atoms with Crippen molar-refractivity contribution >= 4 is 5.91 Å². The number of rotatable bonds is 5. The normalized spacial score (nSPS) is 12.0.